The van der Waals surface area contributed by atoms with Gasteiger partial charge in [-0.2, -0.15) is 9.97 Å². The number of aromatic nitrogens is 4. The molecule has 1 unspecified atom stereocenters. The first-order valence-corrected chi connectivity index (χ1v) is 14.9. The van der Waals surface area contributed by atoms with Crippen molar-refractivity contribution in [3.05, 3.63) is 6.33 Å². The summed E-state index contributed by atoms with van der Waals surface area (Å²) < 4.78 is 67.2. The molecule has 0 bridgehead atoms. The number of nitrogens with one attached hydrogen (secondary N) is 1. The fourth-order valence-corrected chi connectivity index (χ4v) is 6.09. The molecular formula is C23H35F2N6O7P. The minimum atomic E-state index is -3.84. The summed E-state index contributed by atoms with van der Waals surface area (Å²) in [6.45, 7) is 4.37. The number of nitrogen functional groups attached to an aromatic ring is 1. The van der Waals surface area contributed by atoms with Gasteiger partial charge < -0.3 is 29.6 Å². The molecule has 0 radical (unpaired) electrons. The zero-order valence-electron chi connectivity index (χ0n) is 22.3. The molecular weight excluding hydrogens is 541 g/mol. The van der Waals surface area contributed by atoms with Gasteiger partial charge >= 0.3 is 5.97 Å². The number of ether oxygens (including phenoxy) is 3. The second-order valence-electron chi connectivity index (χ2n) is 10.1. The van der Waals surface area contributed by atoms with Crippen molar-refractivity contribution in [2.24, 2.45) is 0 Å². The van der Waals surface area contributed by atoms with Crippen molar-refractivity contribution in [3.63, 3.8) is 0 Å². The molecule has 1 saturated carbocycles. The van der Waals surface area contributed by atoms with Gasteiger partial charge in [-0.1, -0.05) is 6.42 Å². The Morgan fingerprint density at radius 2 is 2.05 bits per heavy atom. The van der Waals surface area contributed by atoms with Gasteiger partial charge in [0.2, 0.25) is 11.8 Å². The molecule has 6 atom stereocenters. The number of hydrogen-bond donors (Lipinski definition) is 3. The van der Waals surface area contributed by atoms with E-state index in [9.17, 15) is 14.5 Å². The molecule has 39 heavy (non-hydrogen) atoms. The third-order valence-corrected chi connectivity index (χ3v) is 8.28. The van der Waals surface area contributed by atoms with Gasteiger partial charge in [-0.25, -0.2) is 18.9 Å². The van der Waals surface area contributed by atoms with Crippen LogP contribution in [-0.2, 0) is 23.4 Å². The molecule has 0 aromatic carbocycles. The Hall–Kier alpha value is -2.45. The van der Waals surface area contributed by atoms with Gasteiger partial charge in [0.05, 0.1) is 12.9 Å². The van der Waals surface area contributed by atoms with E-state index in [4.69, 9.17) is 24.5 Å². The largest absolute Gasteiger partial charge is 0.476 e. The zero-order valence-corrected chi connectivity index (χ0v) is 23.2. The molecule has 13 nitrogen and oxygen atoms in total. The van der Waals surface area contributed by atoms with Gasteiger partial charge in [0.25, 0.3) is 13.4 Å². The summed E-state index contributed by atoms with van der Waals surface area (Å²) in [5.41, 5.74) is 3.16. The van der Waals surface area contributed by atoms with Crippen molar-refractivity contribution in [1.29, 1.82) is 0 Å². The van der Waals surface area contributed by atoms with E-state index in [1.165, 1.54) is 6.92 Å². The molecule has 4 N–H and O–H groups in total. The van der Waals surface area contributed by atoms with Crippen molar-refractivity contribution < 1.29 is 42.0 Å². The van der Waals surface area contributed by atoms with E-state index < -0.39 is 50.0 Å². The molecule has 1 saturated heterocycles. The van der Waals surface area contributed by atoms with E-state index in [1.807, 2.05) is 0 Å². The topological polar surface area (TPSA) is 173 Å². The fourth-order valence-electron chi connectivity index (χ4n) is 4.78. The average molecular weight is 577 g/mol. The molecule has 3 heterocycles. The van der Waals surface area contributed by atoms with Crippen LogP contribution in [0.1, 0.15) is 59.1 Å². The Morgan fingerprint density at radius 3 is 2.72 bits per heavy atom. The molecule has 4 rings (SSSR count). The molecule has 2 aromatic heterocycles. The van der Waals surface area contributed by atoms with Crippen LogP contribution in [0.3, 0.4) is 0 Å². The molecule has 0 spiro atoms. The molecule has 2 aromatic rings. The fraction of sp³-hybridized carbons (Fsp3) is 0.739. The van der Waals surface area contributed by atoms with Gasteiger partial charge in [-0.15, -0.1) is 0 Å². The van der Waals surface area contributed by atoms with Gasteiger partial charge in [0.15, 0.2) is 29.2 Å². The quantitative estimate of drug-likeness (QED) is 0.279. The number of rotatable bonds is 10. The number of anilines is 1. The van der Waals surface area contributed by atoms with Crippen LogP contribution in [0.4, 0.5) is 14.7 Å². The summed E-state index contributed by atoms with van der Waals surface area (Å²) in [6, 6.07) is -1.02. The van der Waals surface area contributed by atoms with Crippen molar-refractivity contribution in [3.8, 4) is 5.88 Å². The number of alkyl halides is 2. The third kappa shape index (κ3) is 6.17. The second-order valence-corrected chi connectivity index (χ2v) is 12.3. The van der Waals surface area contributed by atoms with Crippen molar-refractivity contribution in [2.75, 3.05) is 25.6 Å². The third-order valence-electron chi connectivity index (χ3n) is 6.80. The van der Waals surface area contributed by atoms with Crippen LogP contribution in [0.2, 0.25) is 0 Å². The van der Waals surface area contributed by atoms with Crippen LogP contribution >= 0.6 is 7.52 Å². The van der Waals surface area contributed by atoms with E-state index in [2.05, 4.69) is 20.0 Å². The zero-order chi connectivity index (χ0) is 28.6. The maximum Gasteiger partial charge on any atom is 0.323 e. The number of nitrogens with zero attached hydrogens (tertiary/aromatic N) is 4. The van der Waals surface area contributed by atoms with Crippen molar-refractivity contribution >= 4 is 30.6 Å². The van der Waals surface area contributed by atoms with Crippen LogP contribution < -0.4 is 15.6 Å². The Bertz CT molecular complexity index is 1240. The number of hydrogen-bond acceptors (Lipinski definition) is 11. The second kappa shape index (κ2) is 11.2. The van der Waals surface area contributed by atoms with Gasteiger partial charge in [0, 0.05) is 6.66 Å². The smallest absolute Gasteiger partial charge is 0.323 e. The first-order chi connectivity index (χ1) is 18.3. The molecule has 1 aliphatic carbocycles. The number of carbonyl (C=O) groups is 1. The van der Waals surface area contributed by atoms with E-state index in [-0.39, 0.29) is 35.7 Å². The molecule has 0 amide bonds. The molecule has 16 heteroatoms. The van der Waals surface area contributed by atoms with Crippen LogP contribution in [0.5, 0.6) is 5.88 Å². The number of fused-ring (bicyclic) bond motifs is 1. The van der Waals surface area contributed by atoms with Gasteiger partial charge in [0.1, 0.15) is 18.8 Å². The lowest BCUT2D eigenvalue weighted by molar-refractivity contribution is -0.202. The van der Waals surface area contributed by atoms with E-state index >= 15 is 8.78 Å². The molecule has 2 aliphatic rings. The van der Waals surface area contributed by atoms with E-state index in [0.717, 1.165) is 56.6 Å². The number of halogens is 2. The normalized spacial score (nSPS) is 30.2. The number of aliphatic hydroxyl groups excluding tert-OH is 1. The predicted molar refractivity (Wildman–Crippen MR) is 135 cm³/mol. The van der Waals surface area contributed by atoms with E-state index in [1.54, 1.807) is 6.92 Å². The molecule has 218 valence electrons. The standard InChI is InChI=1S/C23H35F2N6O7P/c1-5-35-17-15-16(28-21(26)29-17)31(12-27-15)20-22(3,24)19(33)23(25,38-20)11-36-39(4,34)30-13(2)18(32)37-14-9-7-6-8-10-14/h12-14,19-20,33H,5-11H2,1-4H3,(H,30,34)(H2,26,28,29)/t13-,19-,20?,22+,23+,39-/m0/s1. The number of carbonyl (C=O) groups excluding carboxylic acids is 1. The Balaban J connectivity index is 1.46. The highest BCUT2D eigenvalue weighted by molar-refractivity contribution is 7.56. The average Bonchev–Trinajstić information content (AvgIpc) is 3.36. The van der Waals surface area contributed by atoms with Crippen LogP contribution in [-0.4, -0.2) is 80.2 Å². The summed E-state index contributed by atoms with van der Waals surface area (Å²) in [7, 11) is -3.84. The summed E-state index contributed by atoms with van der Waals surface area (Å²) in [5, 5.41) is 13.1. The number of nitrogens with two attached hydrogens (primary N) is 1. The number of esters is 1. The lowest BCUT2D eigenvalue weighted by atomic mass is 9.97. The predicted octanol–water partition coefficient (Wildman–Crippen LogP) is 2.78. The first-order valence-electron chi connectivity index (χ1n) is 12.8. The summed E-state index contributed by atoms with van der Waals surface area (Å²) in [5.74, 6) is -3.89. The first kappa shape index (κ1) is 29.5. The van der Waals surface area contributed by atoms with E-state index in [0.29, 0.717) is 0 Å². The Kier molecular flexibility index (Phi) is 8.48. The highest BCUT2D eigenvalue weighted by atomic mass is 31.2. The highest BCUT2D eigenvalue weighted by Gasteiger charge is 2.65. The molecule has 2 fully saturated rings. The highest BCUT2D eigenvalue weighted by Crippen LogP contribution is 2.50. The lowest BCUT2D eigenvalue weighted by Gasteiger charge is -2.28. The monoisotopic (exact) mass is 576 g/mol. The minimum Gasteiger partial charge on any atom is -0.476 e. The SMILES string of the molecule is CCOc1nc(N)nc2c1ncn2C1O[C@](F)(CO[P@](C)(=O)N[C@@H](C)C(=O)OC2CCCCC2)[C@@H](O)[C@@]1(C)F. The number of aliphatic hydroxyl groups is 1. The minimum absolute atomic E-state index is 0.00896. The van der Waals surface area contributed by atoms with Crippen molar-refractivity contribution in [1.82, 2.24) is 24.6 Å². The molecule has 1 aliphatic heterocycles. The van der Waals surface area contributed by atoms with Crippen LogP contribution in [0.25, 0.3) is 11.2 Å². The van der Waals surface area contributed by atoms with Gasteiger partial charge in [-0.3, -0.25) is 13.9 Å². The Labute approximate surface area is 224 Å². The van der Waals surface area contributed by atoms with Gasteiger partial charge in [-0.05, 0) is 46.5 Å². The maximum atomic E-state index is 15.9. The van der Waals surface area contributed by atoms with Crippen LogP contribution in [0, 0.1) is 0 Å². The Morgan fingerprint density at radius 1 is 1.36 bits per heavy atom. The summed E-state index contributed by atoms with van der Waals surface area (Å²) in [6.07, 6.45) is 1.36. The van der Waals surface area contributed by atoms with Crippen LogP contribution in [0.15, 0.2) is 6.33 Å². The number of imidazole rings is 1. The maximum absolute atomic E-state index is 15.9. The van der Waals surface area contributed by atoms with Crippen molar-refractivity contribution in [2.45, 2.75) is 88.9 Å². The lowest BCUT2D eigenvalue weighted by Crippen LogP contribution is -2.47. The summed E-state index contributed by atoms with van der Waals surface area (Å²) in [4.78, 5) is 24.5. The summed E-state index contributed by atoms with van der Waals surface area (Å²) >= 11 is 0.